The fourth-order valence-electron chi connectivity index (χ4n) is 2.88. The van der Waals surface area contributed by atoms with Gasteiger partial charge in [-0.3, -0.25) is 59.2 Å². The molecule has 0 bridgehead atoms. The molecule has 0 heterocycles. The van der Waals surface area contributed by atoms with Crippen LogP contribution < -0.4 is 298 Å². The van der Waals surface area contributed by atoms with Crippen LogP contribution in [-0.4, -0.2) is 286 Å². The average Bonchev–Trinajstić information content (AvgIpc) is 2.98. The number of aliphatic carboxylic acids is 8. The summed E-state index contributed by atoms with van der Waals surface area (Å²) in [7, 11) is -34.9. The number of carbonyl (C=O) groups excluding carboxylic acids is 8. The number of rotatable bonds is 22. The van der Waals surface area contributed by atoms with Gasteiger partial charge in [-0.1, -0.05) is 0 Å². The van der Waals surface area contributed by atoms with E-state index in [9.17, 15) is 79.2 Å². The molecule has 0 atom stereocenters. The van der Waals surface area contributed by atoms with Gasteiger partial charge in [0.15, 0.2) is 0 Å². The topological polar surface area (TPSA) is 882 Å². The number of nitrogens with zero attached hydrogens (tertiary/aromatic N) is 4. The molecule has 69 heteroatoms. The van der Waals surface area contributed by atoms with Crippen LogP contribution in [0.2, 0.25) is 0 Å². The van der Waals surface area contributed by atoms with Crippen molar-refractivity contribution in [3.8, 4) is 0 Å². The monoisotopic (exact) mass is 1880 g/mol. The molecule has 0 rings (SSSR count). The minimum absolute atomic E-state index is 0. The van der Waals surface area contributed by atoms with Crippen molar-refractivity contribution in [3.05, 3.63) is 0 Å². The molecule has 0 aromatic rings. The summed E-state index contributed by atoms with van der Waals surface area (Å²) in [5, 5.41) is 83.2. The van der Waals surface area contributed by atoms with Crippen molar-refractivity contribution in [2.75, 3.05) is 78.5 Å². The maximum absolute atomic E-state index is 10.4. The summed E-state index contributed by atoms with van der Waals surface area (Å²) >= 11 is 0. The molecule has 0 fully saturated rings. The third-order valence-electron chi connectivity index (χ3n) is 4.29. The van der Waals surface area contributed by atoms with Crippen LogP contribution in [0.1, 0.15) is 0 Å². The normalized spacial score (nSPS) is 9.37. The van der Waals surface area contributed by atoms with Crippen LogP contribution in [0.4, 0.5) is 0 Å². The molecule has 0 amide bonds. The van der Waals surface area contributed by atoms with E-state index in [2.05, 4.69) is 0 Å². The minimum Gasteiger partial charge on any atom is -3.00 e. The Morgan fingerprint density at radius 3 is 0.337 bits per heavy atom. The molecule has 0 saturated heterocycles. The van der Waals surface area contributed by atoms with E-state index in [4.69, 9.17) is 123 Å². The first-order chi connectivity index (χ1) is 32.4. The van der Waals surface area contributed by atoms with E-state index in [0.29, 0.717) is 0 Å². The zero-order valence-electron chi connectivity index (χ0n) is 45.1. The molecular formula is C20H29AlCr3K5N4O44P2S7Zn3. The summed E-state index contributed by atoms with van der Waals surface area (Å²) in [5.41, 5.74) is 0. The Bertz CT molecular complexity index is 2070. The number of carbonyl (C=O) groups is 8. The van der Waals surface area contributed by atoms with Gasteiger partial charge < -0.3 is 140 Å². The van der Waals surface area contributed by atoms with Crippen molar-refractivity contribution in [1.29, 1.82) is 0 Å². The molecule has 0 aliphatic heterocycles. The fourth-order valence-corrected chi connectivity index (χ4v) is 2.88. The van der Waals surface area contributed by atoms with Crippen molar-refractivity contribution in [3.63, 3.8) is 0 Å². The van der Waals surface area contributed by atoms with Crippen LogP contribution in [0.25, 0.3) is 0 Å². The second-order valence-electron chi connectivity index (χ2n) is 10.8. The maximum Gasteiger partial charge on any atom is 3.00 e. The number of carboxylic acids is 8. The van der Waals surface area contributed by atoms with Crippen molar-refractivity contribution >= 4 is 158 Å². The van der Waals surface area contributed by atoms with Crippen LogP contribution in [0, 0.1) is 0 Å². The van der Waals surface area contributed by atoms with E-state index in [1.807, 2.05) is 0 Å². The Morgan fingerprint density at radius 1 is 0.258 bits per heavy atom. The minimum atomic E-state index is -5.17. The molecule has 0 aliphatic carbocycles. The van der Waals surface area contributed by atoms with E-state index < -0.39 is 173 Å². The van der Waals surface area contributed by atoms with Crippen LogP contribution >= 0.6 is 19.8 Å². The Balaban J connectivity index is -0.0000000278. The van der Waals surface area contributed by atoms with Gasteiger partial charge in [0.05, 0.1) is 47.8 Å². The molecule has 0 unspecified atom stereocenters. The largest absolute Gasteiger partial charge is 3.00 e. The summed E-state index contributed by atoms with van der Waals surface area (Å²) < 4.78 is 232. The van der Waals surface area contributed by atoms with Gasteiger partial charge in [-0.05, 0) is 0 Å². The molecule has 0 aromatic carbocycles. The number of hydrogen-bond acceptors (Lipinski definition) is 43. The van der Waals surface area contributed by atoms with Crippen LogP contribution in [-0.2, 0) is 222 Å². The molecule has 477 valence electrons. The second-order valence-corrected chi connectivity index (χ2v) is 16.7. The predicted molar refractivity (Wildman–Crippen MR) is 208 cm³/mol. The zero-order valence-corrected chi connectivity index (χ0v) is 82.1. The van der Waals surface area contributed by atoms with Crippen molar-refractivity contribution < 1.29 is 569 Å². The summed E-state index contributed by atoms with van der Waals surface area (Å²) in [6, 6.07) is 0. The van der Waals surface area contributed by atoms with E-state index in [1.165, 1.54) is 0 Å². The summed E-state index contributed by atoms with van der Waals surface area (Å²) in [6.45, 7) is -6.50. The molecule has 0 aromatic heterocycles. The molecule has 0 saturated carbocycles. The van der Waals surface area contributed by atoms with Crippen molar-refractivity contribution in [2.24, 2.45) is 0 Å². The van der Waals surface area contributed by atoms with Crippen LogP contribution in [0.3, 0.4) is 0 Å². The van der Waals surface area contributed by atoms with E-state index in [0.717, 1.165) is 19.6 Å². The van der Waals surface area contributed by atoms with Crippen molar-refractivity contribution in [1.82, 2.24) is 19.6 Å². The molecule has 0 aliphatic rings. The molecule has 3 radical (unpaired) electrons. The third-order valence-corrected chi connectivity index (χ3v) is 4.29. The Hall–Kier alpha value is 7.73. The first kappa shape index (κ1) is 163. The standard InChI is InChI=1S/2C10H16N2O8.Al.3Cr.5K.7H2O4S.2P.3Zn/c2*13-7(14)3-11(4-8(15)16)1-2-12(5-9(17)18)6-10(19)20;;;;;;;;;;7*1-5(2,3)4;;;;;/h2*1-6H2,(H,13,14)(H,15,16)(H,17,18)(H,19,20);;;;;;;;;;7*(H2,1,2,3,4);;;;;/q;;4*+3;5*+1;;;;;;;;2*-3;3*+2/p-17. The second kappa shape index (κ2) is 89.9. The SMILES string of the molecule is O=C([O-])CN(CCN(CC(=O)[O-])CC(=O)[O-])CC(=O)[O-].O=C([O-])CN(CCN(CC(=O)[O-])CC(=O)[O-])CC(=O)[O-].O=S(=O)([O-])O.O=S(=O)([O-])O.O=S(=O)([O-])O.O=S(=O)([O-])O.O=S(=O)([O-])O.O=S(=O)([O-])[O-].O=S(=O)([O-])[O-].[Al+3].[Cr+3].[Cr+3].[Cr+3].[K+].[K+].[K+].[K+].[K+].[P-3].[P-3].[Zn+2].[Zn+2].[Zn+2]. The van der Waals surface area contributed by atoms with E-state index >= 15 is 0 Å². The van der Waals surface area contributed by atoms with Gasteiger partial charge in [0.1, 0.15) is 0 Å². The first-order valence-corrected chi connectivity index (χ1v) is 25.1. The molecular weight excluding hydrogens is 1860 g/mol. The smallest absolute Gasteiger partial charge is 3.00 e. The zero-order chi connectivity index (χ0) is 62.9. The molecule has 0 spiro atoms. The van der Waals surface area contributed by atoms with Gasteiger partial charge in [-0.2, -0.15) is 0 Å². The van der Waals surface area contributed by atoms with E-state index in [1.54, 1.807) is 0 Å². The Morgan fingerprint density at radius 2 is 0.303 bits per heavy atom. The van der Waals surface area contributed by atoms with Gasteiger partial charge in [0, 0.05) is 99.3 Å². The van der Waals surface area contributed by atoms with Gasteiger partial charge in [0.2, 0.25) is 52.0 Å². The van der Waals surface area contributed by atoms with Crippen molar-refractivity contribution in [2.45, 2.75) is 0 Å². The first-order valence-electron chi connectivity index (χ1n) is 15.6. The van der Waals surface area contributed by atoms with Gasteiger partial charge in [-0.25, -0.2) is 42.1 Å². The predicted octanol–water partition coefficient (Wildman–Crippen LogP) is -36.1. The summed E-state index contributed by atoms with van der Waals surface area (Å²) in [6.07, 6.45) is 0. The quantitative estimate of drug-likeness (QED) is 0.0291. The molecule has 89 heavy (non-hydrogen) atoms. The van der Waals surface area contributed by atoms with Crippen LogP contribution in [0.5, 0.6) is 0 Å². The van der Waals surface area contributed by atoms with Gasteiger partial charge in [-0.15, -0.1) is 0 Å². The molecule has 5 N–H and O–H groups in total. The fraction of sp³-hybridized carbons (Fsp3) is 0.600. The van der Waals surface area contributed by atoms with Gasteiger partial charge >= 0.3 is 385 Å². The third kappa shape index (κ3) is 340. The average molecular weight is 1890 g/mol. The maximum atomic E-state index is 10.4. The molecule has 48 nitrogen and oxygen atoms in total. The van der Waals surface area contributed by atoms with Gasteiger partial charge in [0.25, 0.3) is 0 Å². The Labute approximate surface area is 807 Å². The summed E-state index contributed by atoms with van der Waals surface area (Å²) in [4.78, 5) is 86.8. The van der Waals surface area contributed by atoms with Crippen LogP contribution in [0.15, 0.2) is 0 Å². The summed E-state index contributed by atoms with van der Waals surface area (Å²) in [5.74, 6) is -12.2. The Kier molecular flexibility index (Phi) is 165. The number of hydrogen-bond donors (Lipinski definition) is 5. The van der Waals surface area contributed by atoms with E-state index in [-0.39, 0.29) is 431 Å². The number of carboxylic acid groups (broad SMARTS) is 8.